The van der Waals surface area contributed by atoms with Gasteiger partial charge in [0, 0.05) is 23.3 Å². The van der Waals surface area contributed by atoms with Crippen LogP contribution in [0.25, 0.3) is 34.5 Å². The molecule has 7 heteroatoms. The standard InChI is InChI=1S/C33H26Cl2N2O3/c1-2-37-20-31(29-16-13-27(34)19-30(29)35)36-32(37)17-8-22-4-3-5-26(18-22)24-11-14-28(15-12-24)40-21-23-6-9-25(10-7-23)33(38)39/h3-20H,2,21H2,1H3,(H,38,39)/b17-8+. The molecule has 0 saturated heterocycles. The summed E-state index contributed by atoms with van der Waals surface area (Å²) in [6, 6.07) is 28.3. The predicted molar refractivity (Wildman–Crippen MR) is 162 cm³/mol. The minimum atomic E-state index is -0.941. The molecule has 0 unspecified atom stereocenters. The van der Waals surface area contributed by atoms with Crippen molar-refractivity contribution in [1.82, 2.24) is 9.55 Å². The van der Waals surface area contributed by atoms with Gasteiger partial charge in [-0.1, -0.05) is 71.7 Å². The van der Waals surface area contributed by atoms with Crippen LogP contribution in [0.3, 0.4) is 0 Å². The number of carboxylic acids is 1. The Balaban J connectivity index is 1.28. The number of ether oxygens (including phenoxy) is 1. The molecule has 0 spiro atoms. The van der Waals surface area contributed by atoms with Crippen molar-refractivity contribution in [3.63, 3.8) is 0 Å². The number of rotatable bonds is 9. The van der Waals surface area contributed by atoms with E-state index in [-0.39, 0.29) is 5.56 Å². The van der Waals surface area contributed by atoms with Crippen LogP contribution < -0.4 is 4.74 Å². The van der Waals surface area contributed by atoms with Gasteiger partial charge < -0.3 is 14.4 Å². The van der Waals surface area contributed by atoms with Crippen molar-refractivity contribution in [2.45, 2.75) is 20.1 Å². The second-order valence-electron chi connectivity index (χ2n) is 9.17. The van der Waals surface area contributed by atoms with Crippen LogP contribution in [0.2, 0.25) is 10.0 Å². The third-order valence-electron chi connectivity index (χ3n) is 6.46. The molecule has 0 saturated carbocycles. The number of carbonyl (C=O) groups is 1. The van der Waals surface area contributed by atoms with Crippen LogP contribution in [-0.4, -0.2) is 20.6 Å². The van der Waals surface area contributed by atoms with Crippen LogP contribution in [0.4, 0.5) is 0 Å². The van der Waals surface area contributed by atoms with Gasteiger partial charge in [-0.2, -0.15) is 0 Å². The molecule has 0 aliphatic heterocycles. The molecule has 5 rings (SSSR count). The molecule has 1 N–H and O–H groups in total. The minimum Gasteiger partial charge on any atom is -0.489 e. The summed E-state index contributed by atoms with van der Waals surface area (Å²) in [5.41, 5.74) is 6.02. The lowest BCUT2D eigenvalue weighted by atomic mass is 10.0. The molecular formula is C33H26Cl2N2O3. The molecule has 0 fully saturated rings. The van der Waals surface area contributed by atoms with Crippen LogP contribution in [0.1, 0.15) is 34.2 Å². The number of benzene rings is 4. The quantitative estimate of drug-likeness (QED) is 0.192. The summed E-state index contributed by atoms with van der Waals surface area (Å²) in [7, 11) is 0. The van der Waals surface area contributed by atoms with E-state index in [1.54, 1.807) is 30.3 Å². The maximum absolute atomic E-state index is 11.0. The van der Waals surface area contributed by atoms with Gasteiger partial charge in [0.1, 0.15) is 18.2 Å². The average molecular weight is 569 g/mol. The first-order valence-electron chi connectivity index (χ1n) is 12.8. The number of hydrogen-bond acceptors (Lipinski definition) is 3. The number of aromatic carboxylic acids is 1. The van der Waals surface area contributed by atoms with Gasteiger partial charge in [0.05, 0.1) is 16.3 Å². The SMILES string of the molecule is CCn1cc(-c2ccc(Cl)cc2Cl)nc1/C=C/c1cccc(-c2ccc(OCc3ccc(C(=O)O)cc3)cc2)c1. The third kappa shape index (κ3) is 6.45. The maximum atomic E-state index is 11.0. The summed E-state index contributed by atoms with van der Waals surface area (Å²) < 4.78 is 7.96. The fourth-order valence-electron chi connectivity index (χ4n) is 4.29. The molecule has 1 aromatic heterocycles. The van der Waals surface area contributed by atoms with Crippen molar-refractivity contribution in [1.29, 1.82) is 0 Å². The Morgan fingerprint density at radius 2 is 1.70 bits per heavy atom. The van der Waals surface area contributed by atoms with Gasteiger partial charge in [0.25, 0.3) is 0 Å². The summed E-state index contributed by atoms with van der Waals surface area (Å²) in [6.07, 6.45) is 6.06. The summed E-state index contributed by atoms with van der Waals surface area (Å²) >= 11 is 12.5. The molecule has 0 aliphatic carbocycles. The molecular weight excluding hydrogens is 543 g/mol. The van der Waals surface area contributed by atoms with E-state index in [0.717, 1.165) is 51.6 Å². The zero-order chi connectivity index (χ0) is 28.1. The van der Waals surface area contributed by atoms with Crippen LogP contribution in [0.15, 0.2) is 97.2 Å². The molecule has 5 aromatic rings. The molecule has 0 radical (unpaired) electrons. The largest absolute Gasteiger partial charge is 0.489 e. The molecule has 40 heavy (non-hydrogen) atoms. The first kappa shape index (κ1) is 27.3. The third-order valence-corrected chi connectivity index (χ3v) is 7.01. The monoisotopic (exact) mass is 568 g/mol. The molecule has 5 nitrogen and oxygen atoms in total. The lowest BCUT2D eigenvalue weighted by Gasteiger charge is -2.08. The van der Waals surface area contributed by atoms with Crippen LogP contribution in [-0.2, 0) is 13.2 Å². The van der Waals surface area contributed by atoms with Crippen LogP contribution in [0, 0.1) is 0 Å². The van der Waals surface area contributed by atoms with E-state index < -0.39 is 5.97 Å². The van der Waals surface area contributed by atoms with Gasteiger partial charge in [0.15, 0.2) is 0 Å². The molecule has 0 bridgehead atoms. The fraction of sp³-hybridized carbons (Fsp3) is 0.0909. The molecule has 0 amide bonds. The number of aryl methyl sites for hydroxylation is 1. The highest BCUT2D eigenvalue weighted by Crippen LogP contribution is 2.30. The Morgan fingerprint density at radius 1 is 0.925 bits per heavy atom. The smallest absolute Gasteiger partial charge is 0.335 e. The number of nitrogens with zero attached hydrogens (tertiary/aromatic N) is 2. The number of aromatic nitrogens is 2. The first-order chi connectivity index (χ1) is 19.4. The van der Waals surface area contributed by atoms with E-state index in [4.69, 9.17) is 38.0 Å². The lowest BCUT2D eigenvalue weighted by molar-refractivity contribution is 0.0697. The molecule has 200 valence electrons. The van der Waals surface area contributed by atoms with E-state index in [2.05, 4.69) is 35.8 Å². The maximum Gasteiger partial charge on any atom is 0.335 e. The topological polar surface area (TPSA) is 64.4 Å². The average Bonchev–Trinajstić information content (AvgIpc) is 3.38. The van der Waals surface area contributed by atoms with Crippen LogP contribution >= 0.6 is 23.2 Å². The van der Waals surface area contributed by atoms with Gasteiger partial charge in [-0.3, -0.25) is 0 Å². The summed E-state index contributed by atoms with van der Waals surface area (Å²) in [5, 5.41) is 10.2. The van der Waals surface area contributed by atoms with Crippen molar-refractivity contribution >= 4 is 41.3 Å². The van der Waals surface area contributed by atoms with Crippen molar-refractivity contribution < 1.29 is 14.6 Å². The molecule has 4 aromatic carbocycles. The number of carboxylic acid groups (broad SMARTS) is 1. The zero-order valence-electron chi connectivity index (χ0n) is 21.7. The van der Waals surface area contributed by atoms with E-state index in [9.17, 15) is 4.79 Å². The normalized spacial score (nSPS) is 11.2. The second kappa shape index (κ2) is 12.2. The zero-order valence-corrected chi connectivity index (χ0v) is 23.2. The van der Waals surface area contributed by atoms with Gasteiger partial charge in [0.2, 0.25) is 0 Å². The van der Waals surface area contributed by atoms with E-state index >= 15 is 0 Å². The predicted octanol–water partition coefficient (Wildman–Crippen LogP) is 8.99. The van der Waals surface area contributed by atoms with Crippen molar-refractivity contribution in [3.8, 4) is 28.1 Å². The van der Waals surface area contributed by atoms with Crippen molar-refractivity contribution in [2.75, 3.05) is 0 Å². The minimum absolute atomic E-state index is 0.258. The fourth-order valence-corrected chi connectivity index (χ4v) is 4.80. The highest BCUT2D eigenvalue weighted by atomic mass is 35.5. The Hall–Kier alpha value is -4.32. The molecule has 1 heterocycles. The summed E-state index contributed by atoms with van der Waals surface area (Å²) in [6.45, 7) is 3.22. The van der Waals surface area contributed by atoms with Crippen molar-refractivity contribution in [2.24, 2.45) is 0 Å². The van der Waals surface area contributed by atoms with E-state index in [1.807, 2.05) is 54.7 Å². The van der Waals surface area contributed by atoms with Crippen LogP contribution in [0.5, 0.6) is 5.75 Å². The Bertz CT molecular complexity index is 1670. The van der Waals surface area contributed by atoms with Gasteiger partial charge in [-0.05, 0) is 83.8 Å². The Morgan fingerprint density at radius 3 is 2.40 bits per heavy atom. The van der Waals surface area contributed by atoms with Gasteiger partial charge in [-0.15, -0.1) is 0 Å². The van der Waals surface area contributed by atoms with Crippen molar-refractivity contribution in [3.05, 3.63) is 130 Å². The Labute approximate surface area is 242 Å². The highest BCUT2D eigenvalue weighted by molar-refractivity contribution is 6.36. The van der Waals surface area contributed by atoms with E-state index in [0.29, 0.717) is 16.7 Å². The first-order valence-corrected chi connectivity index (χ1v) is 13.5. The summed E-state index contributed by atoms with van der Waals surface area (Å²) in [5.74, 6) is 0.640. The number of imidazole rings is 1. The molecule has 0 aliphatic rings. The molecule has 0 atom stereocenters. The lowest BCUT2D eigenvalue weighted by Crippen LogP contribution is -1.98. The Kier molecular flexibility index (Phi) is 8.34. The summed E-state index contributed by atoms with van der Waals surface area (Å²) in [4.78, 5) is 15.8. The number of hydrogen-bond donors (Lipinski definition) is 1. The number of halogens is 2. The van der Waals surface area contributed by atoms with Gasteiger partial charge >= 0.3 is 5.97 Å². The van der Waals surface area contributed by atoms with Gasteiger partial charge in [-0.25, -0.2) is 9.78 Å². The van der Waals surface area contributed by atoms with E-state index in [1.165, 1.54) is 0 Å². The highest BCUT2D eigenvalue weighted by Gasteiger charge is 2.11. The second-order valence-corrected chi connectivity index (χ2v) is 10.0.